The van der Waals surface area contributed by atoms with Crippen molar-refractivity contribution in [1.29, 1.82) is 0 Å². The maximum atomic E-state index is 6.94. The van der Waals surface area contributed by atoms with Gasteiger partial charge < -0.3 is 4.57 Å². The average Bonchev–Trinajstić information content (AvgIpc) is 2.81. The number of alkyl halides is 1. The topological polar surface area (TPSA) is 35.1 Å². The molecule has 0 saturated heterocycles. The molecule has 19 heavy (non-hydrogen) atoms. The van der Waals surface area contributed by atoms with E-state index in [1.54, 1.807) is 23.9 Å². The lowest BCUT2D eigenvalue weighted by molar-refractivity contribution is 0.793. The maximum absolute atomic E-state index is 6.94. The second kappa shape index (κ2) is 6.60. The number of hydrogen-bond acceptors (Lipinski definition) is 3. The van der Waals surface area contributed by atoms with E-state index in [-0.39, 0.29) is 0 Å². The highest BCUT2D eigenvalue weighted by Crippen LogP contribution is 2.24. The van der Waals surface area contributed by atoms with Crippen LogP contribution in [-0.4, -0.2) is 26.4 Å². The Bertz CT molecular complexity index is 586. The third-order valence-corrected chi connectivity index (χ3v) is 3.97. The summed E-state index contributed by atoms with van der Waals surface area (Å²) in [4.78, 5) is 3.37. The molecule has 0 N–H and O–H groups in total. The number of halogens is 1. The highest BCUT2D eigenvalue weighted by Gasteiger charge is 2.10. The van der Waals surface area contributed by atoms with E-state index in [2.05, 4.69) is 15.0 Å². The summed E-state index contributed by atoms with van der Waals surface area (Å²) in [5.74, 6) is 2.41. The summed E-state index contributed by atoms with van der Waals surface area (Å²) in [6, 6.07) is 7.36. The molecule has 4 nitrogen and oxygen atoms in total. The van der Waals surface area contributed by atoms with Crippen LogP contribution in [0.2, 0.25) is 0 Å². The quantitative estimate of drug-likeness (QED) is 0.364. The molecule has 0 saturated carbocycles. The summed E-state index contributed by atoms with van der Waals surface area (Å²) < 4.78 is 1.96. The fourth-order valence-corrected chi connectivity index (χ4v) is 2.74. The molecule has 0 radical (unpaired) electrons. The smallest absolute Gasteiger partial charge is 0.191 e. The van der Waals surface area contributed by atoms with E-state index >= 15 is 0 Å². The summed E-state index contributed by atoms with van der Waals surface area (Å²) in [5.41, 5.74) is 1.59. The molecule has 6 heteroatoms. The molecule has 0 fully saturated rings. The number of rotatable bonds is 5. The third-order valence-electron chi connectivity index (χ3n) is 2.60. The van der Waals surface area contributed by atoms with E-state index in [9.17, 15) is 0 Å². The van der Waals surface area contributed by atoms with Crippen molar-refractivity contribution < 1.29 is 0 Å². The zero-order valence-electron chi connectivity index (χ0n) is 10.5. The van der Waals surface area contributed by atoms with Gasteiger partial charge in [0.1, 0.15) is 0 Å². The van der Waals surface area contributed by atoms with Crippen LogP contribution < -0.4 is 0 Å². The zero-order valence-corrected chi connectivity index (χ0v) is 12.1. The first kappa shape index (κ1) is 13.9. The van der Waals surface area contributed by atoms with Crippen LogP contribution in [0.3, 0.4) is 0 Å². The van der Waals surface area contributed by atoms with Gasteiger partial charge >= 0.3 is 0 Å². The molecule has 0 unspecified atom stereocenters. The van der Waals surface area contributed by atoms with Gasteiger partial charge in [-0.15, -0.1) is 21.8 Å². The van der Waals surface area contributed by atoms with Gasteiger partial charge in [0.05, 0.1) is 6.57 Å². The van der Waals surface area contributed by atoms with E-state index in [1.807, 2.05) is 23.7 Å². The molecular formula is C13H13ClN4S. The van der Waals surface area contributed by atoms with Crippen molar-refractivity contribution in [3.8, 4) is 11.4 Å². The molecule has 0 aliphatic rings. The zero-order chi connectivity index (χ0) is 13.7. The van der Waals surface area contributed by atoms with E-state index in [0.717, 1.165) is 28.7 Å². The molecule has 0 amide bonds. The summed E-state index contributed by atoms with van der Waals surface area (Å²) >= 11 is 7.31. The Morgan fingerprint density at radius 3 is 2.68 bits per heavy atom. The molecule has 0 spiro atoms. The van der Waals surface area contributed by atoms with E-state index in [1.165, 1.54) is 0 Å². The van der Waals surface area contributed by atoms with Crippen molar-refractivity contribution in [2.24, 2.45) is 7.05 Å². The van der Waals surface area contributed by atoms with Gasteiger partial charge in [0.2, 0.25) is 0 Å². The molecule has 0 atom stereocenters. The number of nitrogens with zero attached hydrogens (tertiary/aromatic N) is 4. The average molecular weight is 293 g/mol. The van der Waals surface area contributed by atoms with E-state index in [4.69, 9.17) is 18.2 Å². The molecule has 2 aromatic rings. The third kappa shape index (κ3) is 3.28. The minimum atomic E-state index is 0.627. The van der Waals surface area contributed by atoms with Crippen LogP contribution >= 0.6 is 23.4 Å². The van der Waals surface area contributed by atoms with Gasteiger partial charge in [-0.2, -0.15) is 0 Å². The highest BCUT2D eigenvalue weighted by molar-refractivity contribution is 7.99. The molecule has 0 aliphatic carbocycles. The fraction of sp³-hybridized carbons (Fsp3) is 0.308. The van der Waals surface area contributed by atoms with E-state index < -0.39 is 0 Å². The molecule has 0 aliphatic heterocycles. The van der Waals surface area contributed by atoms with Gasteiger partial charge in [0.25, 0.3) is 0 Å². The molecular weight excluding hydrogens is 280 g/mol. The number of aromatic nitrogens is 3. The Morgan fingerprint density at radius 2 is 2.05 bits per heavy atom. The van der Waals surface area contributed by atoms with Crippen molar-refractivity contribution in [3.63, 3.8) is 0 Å². The van der Waals surface area contributed by atoms with Crippen LogP contribution in [0.5, 0.6) is 0 Å². The van der Waals surface area contributed by atoms with Gasteiger partial charge in [0, 0.05) is 24.2 Å². The van der Waals surface area contributed by atoms with Gasteiger partial charge in [-0.1, -0.05) is 36.0 Å². The fourth-order valence-electron chi connectivity index (χ4n) is 1.60. The minimum Gasteiger partial charge on any atom is -0.305 e. The minimum absolute atomic E-state index is 0.627. The lowest BCUT2D eigenvalue weighted by atomic mass is 10.2. The van der Waals surface area contributed by atoms with Crippen LogP contribution in [0.15, 0.2) is 29.4 Å². The summed E-state index contributed by atoms with van der Waals surface area (Å²) in [6.45, 7) is 6.94. The highest BCUT2D eigenvalue weighted by atomic mass is 35.5. The Labute approximate surface area is 121 Å². The molecule has 2 rings (SSSR count). The van der Waals surface area contributed by atoms with Crippen LogP contribution in [0, 0.1) is 6.57 Å². The van der Waals surface area contributed by atoms with Crippen LogP contribution in [0.1, 0.15) is 6.42 Å². The summed E-state index contributed by atoms with van der Waals surface area (Å²) in [5, 5.41) is 9.26. The predicted octanol–water partition coefficient (Wildman–Crippen LogP) is 3.75. The number of hydrogen-bond donors (Lipinski definition) is 0. The van der Waals surface area contributed by atoms with Crippen molar-refractivity contribution in [3.05, 3.63) is 35.7 Å². The Morgan fingerprint density at radius 1 is 1.32 bits per heavy atom. The van der Waals surface area contributed by atoms with Crippen molar-refractivity contribution in [2.45, 2.75) is 11.6 Å². The van der Waals surface area contributed by atoms with Gasteiger partial charge in [-0.05, 0) is 6.42 Å². The first-order valence-electron chi connectivity index (χ1n) is 5.82. The van der Waals surface area contributed by atoms with Gasteiger partial charge in [-0.3, -0.25) is 0 Å². The van der Waals surface area contributed by atoms with Crippen LogP contribution in [-0.2, 0) is 7.05 Å². The molecule has 98 valence electrons. The number of thioether (sulfide) groups is 1. The predicted molar refractivity (Wildman–Crippen MR) is 78.8 cm³/mol. The maximum Gasteiger partial charge on any atom is 0.191 e. The molecule has 0 bridgehead atoms. The Balaban J connectivity index is 2.18. The second-order valence-corrected chi connectivity index (χ2v) is 5.35. The lowest BCUT2D eigenvalue weighted by Gasteiger charge is -2.03. The molecule has 1 aromatic carbocycles. The summed E-state index contributed by atoms with van der Waals surface area (Å²) in [7, 11) is 1.95. The van der Waals surface area contributed by atoms with Crippen LogP contribution in [0.4, 0.5) is 5.69 Å². The Kier molecular flexibility index (Phi) is 4.83. The first-order valence-corrected chi connectivity index (χ1v) is 7.34. The van der Waals surface area contributed by atoms with Crippen LogP contribution in [0.25, 0.3) is 16.2 Å². The monoisotopic (exact) mass is 292 g/mol. The first-order chi connectivity index (χ1) is 9.26. The largest absolute Gasteiger partial charge is 0.305 e. The SMILES string of the molecule is [C-]#[N+]c1ccc(-c2nnc(SCCCCl)n2C)cc1. The van der Waals surface area contributed by atoms with Crippen molar-refractivity contribution >= 4 is 29.1 Å². The standard InChI is InChI=1S/C13H13ClN4S/c1-15-11-6-4-10(5-7-11)12-16-17-13(18(12)2)19-9-3-8-14/h4-7H,3,8-9H2,2H3. The lowest BCUT2D eigenvalue weighted by Crippen LogP contribution is -1.95. The van der Waals surface area contributed by atoms with Crippen molar-refractivity contribution in [1.82, 2.24) is 14.8 Å². The van der Waals surface area contributed by atoms with Crippen molar-refractivity contribution in [2.75, 3.05) is 11.6 Å². The van der Waals surface area contributed by atoms with E-state index in [0.29, 0.717) is 11.6 Å². The molecule has 1 heterocycles. The Hall–Kier alpha value is -1.51. The summed E-state index contributed by atoms with van der Waals surface area (Å²) in [6.07, 6.45) is 0.952. The second-order valence-electron chi connectivity index (χ2n) is 3.91. The molecule has 1 aromatic heterocycles. The number of benzene rings is 1. The normalized spacial score (nSPS) is 10.4. The van der Waals surface area contributed by atoms with Gasteiger partial charge in [-0.25, -0.2) is 4.85 Å². The van der Waals surface area contributed by atoms with Gasteiger partial charge in [0.15, 0.2) is 16.7 Å².